The highest BCUT2D eigenvalue weighted by molar-refractivity contribution is 7.15. The summed E-state index contributed by atoms with van der Waals surface area (Å²) < 4.78 is 2.11. The van der Waals surface area contributed by atoms with E-state index < -0.39 is 0 Å². The van der Waals surface area contributed by atoms with Gasteiger partial charge in [-0.2, -0.15) is 0 Å². The maximum atomic E-state index is 11.5. The van der Waals surface area contributed by atoms with Crippen molar-refractivity contribution in [2.45, 2.75) is 13.5 Å². The Morgan fingerprint density at radius 2 is 2.47 bits per heavy atom. The van der Waals surface area contributed by atoms with E-state index in [1.807, 2.05) is 11.6 Å². The van der Waals surface area contributed by atoms with E-state index in [0.717, 1.165) is 36.1 Å². The molecule has 19 heavy (non-hydrogen) atoms. The molecule has 0 unspecified atom stereocenters. The number of anilines is 1. The molecule has 0 saturated carbocycles. The third kappa shape index (κ3) is 2.31. The van der Waals surface area contributed by atoms with Crippen LogP contribution in [-0.2, 0) is 11.3 Å². The summed E-state index contributed by atoms with van der Waals surface area (Å²) in [6, 6.07) is 0. The van der Waals surface area contributed by atoms with Crippen molar-refractivity contribution in [3.63, 3.8) is 0 Å². The molecule has 1 aliphatic heterocycles. The highest BCUT2D eigenvalue weighted by atomic mass is 32.1. The number of aromatic nitrogens is 2. The van der Waals surface area contributed by atoms with Gasteiger partial charge in [-0.15, -0.1) is 11.3 Å². The number of piperazine rings is 1. The van der Waals surface area contributed by atoms with Gasteiger partial charge in [0.05, 0.1) is 12.2 Å². The Morgan fingerprint density at radius 1 is 1.58 bits per heavy atom. The topological polar surface area (TPSA) is 61.7 Å². The first kappa shape index (κ1) is 12.4. The van der Waals surface area contributed by atoms with Gasteiger partial charge in [0, 0.05) is 31.2 Å². The molecular weight excluding hydrogens is 262 g/mol. The van der Waals surface area contributed by atoms with Crippen LogP contribution in [0.3, 0.4) is 0 Å². The third-order valence-corrected chi connectivity index (χ3v) is 3.98. The van der Waals surface area contributed by atoms with Crippen LogP contribution in [0.4, 0.5) is 5.82 Å². The molecule has 102 valence electrons. The number of nitrogens with zero attached hydrogens (tertiary/aromatic N) is 3. The number of thiazole rings is 1. The first-order chi connectivity index (χ1) is 9.29. The molecule has 0 aliphatic carbocycles. The van der Waals surface area contributed by atoms with Crippen LogP contribution < -0.4 is 15.5 Å². The Kier molecular flexibility index (Phi) is 3.39. The van der Waals surface area contributed by atoms with Crippen molar-refractivity contribution < 1.29 is 4.79 Å². The standard InChI is InChI=1S/C12H17N5OS/c1-2-13-7-9-11(15-12-17(9)5-6-19-12)16-4-3-14-10(18)8-16/h5-6,13H,2-4,7-8H2,1H3,(H,14,18). The van der Waals surface area contributed by atoms with Gasteiger partial charge in [0.2, 0.25) is 5.91 Å². The van der Waals surface area contributed by atoms with Crippen LogP contribution in [0.25, 0.3) is 4.96 Å². The fraction of sp³-hybridized carbons (Fsp3) is 0.500. The minimum Gasteiger partial charge on any atom is -0.353 e. The van der Waals surface area contributed by atoms with Crippen molar-refractivity contribution >= 4 is 28.0 Å². The number of fused-ring (bicyclic) bond motifs is 1. The molecule has 2 aromatic rings. The average molecular weight is 279 g/mol. The third-order valence-electron chi connectivity index (χ3n) is 3.22. The Bertz CT molecular complexity index is 590. The van der Waals surface area contributed by atoms with Gasteiger partial charge in [-0.25, -0.2) is 4.98 Å². The van der Waals surface area contributed by atoms with Gasteiger partial charge in [0.1, 0.15) is 0 Å². The van der Waals surface area contributed by atoms with Gasteiger partial charge in [-0.05, 0) is 6.54 Å². The number of rotatable bonds is 4. The van der Waals surface area contributed by atoms with E-state index >= 15 is 0 Å². The maximum absolute atomic E-state index is 11.5. The van der Waals surface area contributed by atoms with Crippen LogP contribution in [0, 0.1) is 0 Å². The summed E-state index contributed by atoms with van der Waals surface area (Å²) >= 11 is 1.62. The molecule has 1 aliphatic rings. The average Bonchev–Trinajstić information content (AvgIpc) is 2.97. The van der Waals surface area contributed by atoms with E-state index in [1.165, 1.54) is 0 Å². The van der Waals surface area contributed by atoms with Gasteiger partial charge in [0.25, 0.3) is 0 Å². The lowest BCUT2D eigenvalue weighted by atomic mass is 10.3. The zero-order valence-electron chi connectivity index (χ0n) is 10.8. The van der Waals surface area contributed by atoms with Crippen LogP contribution in [-0.4, -0.2) is 41.5 Å². The van der Waals surface area contributed by atoms with Crippen molar-refractivity contribution in [1.29, 1.82) is 0 Å². The largest absolute Gasteiger partial charge is 0.353 e. The summed E-state index contributed by atoms with van der Waals surface area (Å²) in [5.74, 6) is 1.000. The molecule has 6 nitrogen and oxygen atoms in total. The maximum Gasteiger partial charge on any atom is 0.239 e. The van der Waals surface area contributed by atoms with Gasteiger partial charge in [0.15, 0.2) is 10.8 Å². The second-order valence-corrected chi connectivity index (χ2v) is 5.36. The molecule has 0 atom stereocenters. The van der Waals surface area contributed by atoms with Crippen LogP contribution in [0.15, 0.2) is 11.6 Å². The fourth-order valence-corrected chi connectivity index (χ4v) is 3.03. The van der Waals surface area contributed by atoms with Crippen molar-refractivity contribution in [2.24, 2.45) is 0 Å². The van der Waals surface area contributed by atoms with Gasteiger partial charge in [-0.3, -0.25) is 9.20 Å². The summed E-state index contributed by atoms with van der Waals surface area (Å²) in [6.45, 7) is 5.66. The first-order valence-corrected chi connectivity index (χ1v) is 7.34. The van der Waals surface area contributed by atoms with Gasteiger partial charge >= 0.3 is 0 Å². The first-order valence-electron chi connectivity index (χ1n) is 6.46. The van der Waals surface area contributed by atoms with Crippen LogP contribution >= 0.6 is 11.3 Å². The Balaban J connectivity index is 1.96. The SMILES string of the molecule is CCNCc1c(N2CCNC(=O)C2)nc2sccn12. The number of carbonyl (C=O) groups is 1. The monoisotopic (exact) mass is 279 g/mol. The Labute approximate surface area is 115 Å². The Morgan fingerprint density at radius 3 is 3.26 bits per heavy atom. The molecule has 0 aromatic carbocycles. The molecule has 1 fully saturated rings. The molecular formula is C12H17N5OS. The molecule has 2 aromatic heterocycles. The molecule has 0 radical (unpaired) electrons. The minimum absolute atomic E-state index is 0.0667. The van der Waals surface area contributed by atoms with E-state index in [0.29, 0.717) is 13.1 Å². The molecule has 2 N–H and O–H groups in total. The van der Waals surface area contributed by atoms with E-state index in [4.69, 9.17) is 0 Å². The van der Waals surface area contributed by atoms with E-state index in [1.54, 1.807) is 11.3 Å². The Hall–Kier alpha value is -1.60. The van der Waals surface area contributed by atoms with Crippen molar-refractivity contribution in [3.05, 3.63) is 17.3 Å². The number of amides is 1. The van der Waals surface area contributed by atoms with E-state index in [9.17, 15) is 4.79 Å². The second-order valence-electron chi connectivity index (χ2n) is 4.49. The van der Waals surface area contributed by atoms with Crippen LogP contribution in [0.1, 0.15) is 12.6 Å². The van der Waals surface area contributed by atoms with Gasteiger partial charge in [-0.1, -0.05) is 6.92 Å². The molecule has 0 spiro atoms. The molecule has 3 heterocycles. The number of hydrogen-bond donors (Lipinski definition) is 2. The highest BCUT2D eigenvalue weighted by Gasteiger charge is 2.23. The highest BCUT2D eigenvalue weighted by Crippen LogP contribution is 2.25. The number of nitrogens with one attached hydrogen (secondary N) is 2. The van der Waals surface area contributed by atoms with Crippen LogP contribution in [0.2, 0.25) is 0 Å². The van der Waals surface area contributed by atoms with Crippen molar-refractivity contribution in [3.8, 4) is 0 Å². The predicted molar refractivity (Wildman–Crippen MR) is 75.7 cm³/mol. The predicted octanol–water partition coefficient (Wildman–Crippen LogP) is 0.441. The summed E-state index contributed by atoms with van der Waals surface area (Å²) in [5, 5.41) is 8.22. The molecule has 3 rings (SSSR count). The molecule has 0 bridgehead atoms. The molecule has 1 saturated heterocycles. The second kappa shape index (κ2) is 5.18. The number of imidazole rings is 1. The van der Waals surface area contributed by atoms with Crippen molar-refractivity contribution in [1.82, 2.24) is 20.0 Å². The summed E-state index contributed by atoms with van der Waals surface area (Å²) in [5.41, 5.74) is 1.13. The quantitative estimate of drug-likeness (QED) is 0.852. The lowest BCUT2D eigenvalue weighted by molar-refractivity contribution is -0.120. The van der Waals surface area contributed by atoms with Gasteiger partial charge < -0.3 is 15.5 Å². The number of carbonyl (C=O) groups excluding carboxylic acids is 1. The summed E-state index contributed by atoms with van der Waals surface area (Å²) in [7, 11) is 0. The van der Waals surface area contributed by atoms with E-state index in [-0.39, 0.29) is 5.91 Å². The number of hydrogen-bond acceptors (Lipinski definition) is 5. The molecule has 7 heteroatoms. The van der Waals surface area contributed by atoms with E-state index in [2.05, 4.69) is 31.8 Å². The zero-order chi connectivity index (χ0) is 13.2. The lowest BCUT2D eigenvalue weighted by Crippen LogP contribution is -2.48. The fourth-order valence-electron chi connectivity index (χ4n) is 2.30. The lowest BCUT2D eigenvalue weighted by Gasteiger charge is -2.27. The molecule has 1 amide bonds. The van der Waals surface area contributed by atoms with Crippen molar-refractivity contribution in [2.75, 3.05) is 31.1 Å². The summed E-state index contributed by atoms with van der Waals surface area (Å²) in [4.78, 5) is 19.2. The summed E-state index contributed by atoms with van der Waals surface area (Å²) in [6.07, 6.45) is 2.03. The zero-order valence-corrected chi connectivity index (χ0v) is 11.7. The minimum atomic E-state index is 0.0667. The normalized spacial score (nSPS) is 16.1. The smallest absolute Gasteiger partial charge is 0.239 e. The van der Waals surface area contributed by atoms with Crippen LogP contribution in [0.5, 0.6) is 0 Å².